The maximum absolute atomic E-state index is 10.8. The lowest BCUT2D eigenvalue weighted by Gasteiger charge is -2.30. The normalized spacial score (nSPS) is 20.3. The summed E-state index contributed by atoms with van der Waals surface area (Å²) in [5.41, 5.74) is 6.68. The highest BCUT2D eigenvalue weighted by molar-refractivity contribution is 5.89. The monoisotopic (exact) mass is 400 g/mol. The van der Waals surface area contributed by atoms with E-state index in [-0.39, 0.29) is 5.75 Å². The van der Waals surface area contributed by atoms with E-state index in [2.05, 4.69) is 22.4 Å². The lowest BCUT2D eigenvalue weighted by Crippen LogP contribution is -2.39. The number of rotatable bonds is 2. The van der Waals surface area contributed by atoms with Gasteiger partial charge in [0.15, 0.2) is 11.5 Å². The smallest absolute Gasteiger partial charge is 0.192 e. The van der Waals surface area contributed by atoms with Crippen LogP contribution in [0, 0.1) is 13.8 Å². The molecule has 0 radical (unpaired) electrons. The number of oxazole rings is 1. The number of benzene rings is 1. The predicted molar refractivity (Wildman–Crippen MR) is 116 cm³/mol. The van der Waals surface area contributed by atoms with Crippen LogP contribution in [0.15, 0.2) is 34.7 Å². The fourth-order valence-corrected chi connectivity index (χ4v) is 4.86. The van der Waals surface area contributed by atoms with Gasteiger partial charge in [0, 0.05) is 35.2 Å². The molecule has 0 bridgehead atoms. The molecule has 0 amide bonds. The van der Waals surface area contributed by atoms with Crippen molar-refractivity contribution < 1.29 is 9.52 Å². The molecular weight excluding hydrogens is 376 g/mol. The summed E-state index contributed by atoms with van der Waals surface area (Å²) in [6.07, 6.45) is 4.90. The molecule has 1 atom stereocenters. The van der Waals surface area contributed by atoms with Gasteiger partial charge < -0.3 is 14.8 Å². The van der Waals surface area contributed by atoms with E-state index >= 15 is 0 Å². The molecular formula is C24H24N4O2. The maximum atomic E-state index is 10.8. The lowest BCUT2D eigenvalue weighted by atomic mass is 9.88. The number of nitrogens with zero attached hydrogens (tertiary/aromatic N) is 3. The molecule has 1 aliphatic carbocycles. The minimum Gasteiger partial charge on any atom is -0.507 e. The van der Waals surface area contributed by atoms with Gasteiger partial charge in [0.25, 0.3) is 0 Å². The van der Waals surface area contributed by atoms with Crippen LogP contribution in [0.25, 0.3) is 33.4 Å². The Hall–Kier alpha value is -2.99. The Labute approximate surface area is 174 Å². The van der Waals surface area contributed by atoms with Crippen LogP contribution < -0.4 is 5.32 Å². The van der Waals surface area contributed by atoms with Gasteiger partial charge >= 0.3 is 0 Å². The van der Waals surface area contributed by atoms with E-state index < -0.39 is 0 Å². The van der Waals surface area contributed by atoms with Crippen LogP contribution in [0.5, 0.6) is 5.75 Å². The number of phenolic OH excluding ortho intramolecular Hbond substituents is 1. The molecule has 0 unspecified atom stereocenters. The molecule has 1 aromatic carbocycles. The lowest BCUT2D eigenvalue weighted by molar-refractivity contribution is 0.342. The average molecular weight is 400 g/mol. The van der Waals surface area contributed by atoms with Gasteiger partial charge in [0.2, 0.25) is 0 Å². The summed E-state index contributed by atoms with van der Waals surface area (Å²) in [6, 6.07) is 9.92. The van der Waals surface area contributed by atoms with Crippen LogP contribution in [0.2, 0.25) is 0 Å². The summed E-state index contributed by atoms with van der Waals surface area (Å²) in [7, 11) is 0. The third-order valence-electron chi connectivity index (χ3n) is 6.74. The van der Waals surface area contributed by atoms with E-state index in [4.69, 9.17) is 14.4 Å². The molecule has 3 aromatic heterocycles. The highest BCUT2D eigenvalue weighted by Gasteiger charge is 2.46. The standard InChI is InChI=1S/C24H24N4O2/c1-13-22-21(30-14(2)26-22)11-16(23(13)29)18-4-6-19-20(28-18)5-3-17(27-19)15-7-10-25-24(12-15)8-9-24/h3-6,11,15,25,29H,7-10,12H2,1-2H3/t15-/m0/s1. The minimum absolute atomic E-state index is 0.191. The number of nitrogens with one attached hydrogen (secondary N) is 1. The van der Waals surface area contributed by atoms with Gasteiger partial charge in [-0.15, -0.1) is 0 Å². The van der Waals surface area contributed by atoms with Crippen molar-refractivity contribution in [3.8, 4) is 17.0 Å². The quantitative estimate of drug-likeness (QED) is 0.505. The summed E-state index contributed by atoms with van der Waals surface area (Å²) in [4.78, 5) is 14.1. The first-order valence-electron chi connectivity index (χ1n) is 10.6. The number of aryl methyl sites for hydroxylation is 2. The average Bonchev–Trinajstić information content (AvgIpc) is 3.38. The Morgan fingerprint density at radius 3 is 2.70 bits per heavy atom. The van der Waals surface area contributed by atoms with E-state index in [1.165, 1.54) is 25.0 Å². The van der Waals surface area contributed by atoms with Gasteiger partial charge in [-0.3, -0.25) is 4.98 Å². The van der Waals surface area contributed by atoms with Crippen molar-refractivity contribution in [3.63, 3.8) is 0 Å². The van der Waals surface area contributed by atoms with Gasteiger partial charge in [0.05, 0.1) is 16.7 Å². The van der Waals surface area contributed by atoms with Gasteiger partial charge in [-0.05, 0) is 69.5 Å². The fraction of sp³-hybridized carbons (Fsp3) is 0.375. The number of aromatic nitrogens is 3. The molecule has 1 aliphatic heterocycles. The maximum Gasteiger partial charge on any atom is 0.192 e. The summed E-state index contributed by atoms with van der Waals surface area (Å²) >= 11 is 0. The van der Waals surface area contributed by atoms with Gasteiger partial charge in [-0.1, -0.05) is 0 Å². The molecule has 152 valence electrons. The number of fused-ring (bicyclic) bond motifs is 2. The first-order chi connectivity index (χ1) is 14.5. The largest absolute Gasteiger partial charge is 0.507 e. The Bertz CT molecular complexity index is 1310. The number of hydrogen-bond donors (Lipinski definition) is 2. The number of phenols is 1. The van der Waals surface area contributed by atoms with Crippen molar-refractivity contribution >= 4 is 22.1 Å². The Kier molecular flexibility index (Phi) is 3.72. The zero-order chi connectivity index (χ0) is 20.5. The molecule has 6 rings (SSSR count). The third-order valence-corrected chi connectivity index (χ3v) is 6.74. The van der Waals surface area contributed by atoms with Crippen LogP contribution in [0.4, 0.5) is 0 Å². The molecule has 4 heterocycles. The molecule has 1 saturated heterocycles. The van der Waals surface area contributed by atoms with Crippen LogP contribution in [0.1, 0.15) is 48.7 Å². The van der Waals surface area contributed by atoms with Gasteiger partial charge in [-0.2, -0.15) is 0 Å². The zero-order valence-electron chi connectivity index (χ0n) is 17.2. The summed E-state index contributed by atoms with van der Waals surface area (Å²) in [5, 5.41) is 14.4. The third kappa shape index (κ3) is 2.78. The van der Waals surface area contributed by atoms with Crippen molar-refractivity contribution in [2.75, 3.05) is 6.54 Å². The molecule has 2 fully saturated rings. The molecule has 1 saturated carbocycles. The molecule has 1 spiro atoms. The zero-order valence-corrected chi connectivity index (χ0v) is 17.2. The van der Waals surface area contributed by atoms with Crippen LogP contribution in [-0.4, -0.2) is 32.1 Å². The van der Waals surface area contributed by atoms with Crippen LogP contribution >= 0.6 is 0 Å². The second kappa shape index (κ2) is 6.25. The molecule has 30 heavy (non-hydrogen) atoms. The van der Waals surface area contributed by atoms with Crippen LogP contribution in [0.3, 0.4) is 0 Å². The molecule has 6 nitrogen and oxygen atoms in total. The Balaban J connectivity index is 1.39. The number of piperidine rings is 1. The number of hydrogen-bond acceptors (Lipinski definition) is 6. The first-order valence-corrected chi connectivity index (χ1v) is 10.6. The number of aromatic hydroxyl groups is 1. The summed E-state index contributed by atoms with van der Waals surface area (Å²) < 4.78 is 5.69. The molecule has 2 aliphatic rings. The van der Waals surface area contributed by atoms with E-state index in [9.17, 15) is 5.11 Å². The molecule has 2 N–H and O–H groups in total. The van der Waals surface area contributed by atoms with E-state index in [1.54, 1.807) is 6.92 Å². The first kappa shape index (κ1) is 17.8. The van der Waals surface area contributed by atoms with Crippen molar-refractivity contribution in [1.82, 2.24) is 20.3 Å². The van der Waals surface area contributed by atoms with E-state index in [1.807, 2.05) is 25.1 Å². The molecule has 4 aromatic rings. The van der Waals surface area contributed by atoms with Crippen molar-refractivity contribution in [1.29, 1.82) is 0 Å². The van der Waals surface area contributed by atoms with Gasteiger partial charge in [-0.25, -0.2) is 9.97 Å². The Morgan fingerprint density at radius 2 is 1.87 bits per heavy atom. The predicted octanol–water partition coefficient (Wildman–Crippen LogP) is 4.76. The second-order valence-corrected chi connectivity index (χ2v) is 8.85. The van der Waals surface area contributed by atoms with Crippen molar-refractivity contribution in [2.24, 2.45) is 0 Å². The van der Waals surface area contributed by atoms with E-state index in [0.717, 1.165) is 24.0 Å². The Morgan fingerprint density at radius 1 is 1.07 bits per heavy atom. The highest BCUT2D eigenvalue weighted by atomic mass is 16.3. The van der Waals surface area contributed by atoms with E-state index in [0.29, 0.717) is 45.3 Å². The highest BCUT2D eigenvalue weighted by Crippen LogP contribution is 2.46. The van der Waals surface area contributed by atoms with Crippen LogP contribution in [-0.2, 0) is 0 Å². The summed E-state index contributed by atoms with van der Waals surface area (Å²) in [6.45, 7) is 4.73. The fourth-order valence-electron chi connectivity index (χ4n) is 4.86. The SMILES string of the molecule is Cc1nc2c(C)c(O)c(-c3ccc4nc([C@H]5CCNC6(CC6)C5)ccc4n3)cc2o1. The topological polar surface area (TPSA) is 84.1 Å². The van der Waals surface area contributed by atoms with Crippen molar-refractivity contribution in [2.45, 2.75) is 51.0 Å². The minimum atomic E-state index is 0.191. The molecule has 6 heteroatoms. The number of pyridine rings is 2. The second-order valence-electron chi connectivity index (χ2n) is 8.85. The van der Waals surface area contributed by atoms with Crippen molar-refractivity contribution in [3.05, 3.63) is 47.5 Å². The van der Waals surface area contributed by atoms with Gasteiger partial charge in [0.1, 0.15) is 11.3 Å². The summed E-state index contributed by atoms with van der Waals surface area (Å²) in [5.74, 6) is 1.29.